The lowest BCUT2D eigenvalue weighted by atomic mass is 10.1. The van der Waals surface area contributed by atoms with E-state index in [0.717, 1.165) is 27.8 Å². The standard InChI is InChI=1S/C20H19IN2O2/c1-3-23(4-2)17-11-5-14(6-12-17)13-18-20(24)25-19(22-18)15-7-9-16(21)10-8-15/h5-13H,3-4H2,1-2H3. The van der Waals surface area contributed by atoms with Crippen molar-refractivity contribution in [2.75, 3.05) is 18.0 Å². The molecule has 0 atom stereocenters. The molecule has 128 valence electrons. The van der Waals surface area contributed by atoms with E-state index < -0.39 is 5.97 Å². The number of ether oxygens (including phenoxy) is 1. The number of hydrogen-bond donors (Lipinski definition) is 0. The van der Waals surface area contributed by atoms with Gasteiger partial charge in [-0.25, -0.2) is 9.79 Å². The van der Waals surface area contributed by atoms with Crippen LogP contribution in [0.4, 0.5) is 5.69 Å². The summed E-state index contributed by atoms with van der Waals surface area (Å²) in [4.78, 5) is 18.7. The zero-order valence-corrected chi connectivity index (χ0v) is 16.4. The number of carbonyl (C=O) groups is 1. The molecule has 0 N–H and O–H groups in total. The van der Waals surface area contributed by atoms with Gasteiger partial charge in [0.25, 0.3) is 0 Å². The summed E-state index contributed by atoms with van der Waals surface area (Å²) in [5, 5.41) is 0. The number of nitrogens with zero attached hydrogens (tertiary/aromatic N) is 2. The Hall–Kier alpha value is -2.15. The van der Waals surface area contributed by atoms with Crippen LogP contribution in [0, 0.1) is 3.57 Å². The molecule has 2 aromatic rings. The second-order valence-electron chi connectivity index (χ2n) is 5.61. The number of halogens is 1. The van der Waals surface area contributed by atoms with Crippen LogP contribution < -0.4 is 4.90 Å². The molecule has 3 rings (SSSR count). The van der Waals surface area contributed by atoms with Crippen molar-refractivity contribution in [3.8, 4) is 0 Å². The predicted molar refractivity (Wildman–Crippen MR) is 110 cm³/mol. The monoisotopic (exact) mass is 446 g/mol. The van der Waals surface area contributed by atoms with E-state index in [2.05, 4.69) is 58.5 Å². The Morgan fingerprint density at radius 3 is 2.28 bits per heavy atom. The lowest BCUT2D eigenvalue weighted by molar-refractivity contribution is -0.129. The van der Waals surface area contributed by atoms with Gasteiger partial charge >= 0.3 is 5.97 Å². The average molecular weight is 446 g/mol. The number of rotatable bonds is 5. The van der Waals surface area contributed by atoms with E-state index in [1.165, 1.54) is 5.69 Å². The van der Waals surface area contributed by atoms with Gasteiger partial charge in [-0.15, -0.1) is 0 Å². The van der Waals surface area contributed by atoms with Crippen molar-refractivity contribution in [2.45, 2.75) is 13.8 Å². The van der Waals surface area contributed by atoms with Crippen LogP contribution in [-0.4, -0.2) is 25.0 Å². The number of esters is 1. The molecule has 0 aromatic heterocycles. The summed E-state index contributed by atoms with van der Waals surface area (Å²) in [6, 6.07) is 15.8. The maximum atomic E-state index is 12.1. The van der Waals surface area contributed by atoms with Crippen molar-refractivity contribution < 1.29 is 9.53 Å². The van der Waals surface area contributed by atoms with Gasteiger partial charge in [0.15, 0.2) is 5.70 Å². The first-order valence-corrected chi connectivity index (χ1v) is 9.32. The minimum Gasteiger partial charge on any atom is -0.402 e. The summed E-state index contributed by atoms with van der Waals surface area (Å²) in [7, 11) is 0. The SMILES string of the molecule is CCN(CC)c1ccc(C=C2N=C(c3ccc(I)cc3)OC2=O)cc1. The molecule has 4 nitrogen and oxygen atoms in total. The van der Waals surface area contributed by atoms with Crippen LogP contribution in [0.15, 0.2) is 59.2 Å². The van der Waals surface area contributed by atoms with E-state index in [4.69, 9.17) is 4.74 Å². The van der Waals surface area contributed by atoms with Crippen molar-refractivity contribution >= 4 is 46.2 Å². The van der Waals surface area contributed by atoms with Crippen LogP contribution in [-0.2, 0) is 9.53 Å². The minimum absolute atomic E-state index is 0.323. The van der Waals surface area contributed by atoms with Gasteiger partial charge < -0.3 is 9.64 Å². The summed E-state index contributed by atoms with van der Waals surface area (Å²) in [5.41, 5.74) is 3.22. The van der Waals surface area contributed by atoms with Crippen LogP contribution in [0.1, 0.15) is 25.0 Å². The molecule has 0 fully saturated rings. The smallest absolute Gasteiger partial charge is 0.363 e. The third kappa shape index (κ3) is 4.10. The number of carbonyl (C=O) groups excluding carboxylic acids is 1. The molecule has 5 heteroatoms. The molecule has 0 bridgehead atoms. The Balaban J connectivity index is 1.83. The molecule has 0 saturated heterocycles. The predicted octanol–water partition coefficient (Wildman–Crippen LogP) is 4.48. The molecule has 1 aliphatic rings. The van der Waals surface area contributed by atoms with E-state index in [-0.39, 0.29) is 0 Å². The van der Waals surface area contributed by atoms with Gasteiger partial charge in [0.2, 0.25) is 5.90 Å². The van der Waals surface area contributed by atoms with Gasteiger partial charge in [-0.2, -0.15) is 0 Å². The van der Waals surface area contributed by atoms with Crippen LogP contribution in [0.5, 0.6) is 0 Å². The molecule has 2 aromatic carbocycles. The van der Waals surface area contributed by atoms with E-state index in [1.807, 2.05) is 36.4 Å². The van der Waals surface area contributed by atoms with E-state index in [1.54, 1.807) is 6.08 Å². The highest BCUT2D eigenvalue weighted by atomic mass is 127. The summed E-state index contributed by atoms with van der Waals surface area (Å²) < 4.78 is 6.42. The van der Waals surface area contributed by atoms with E-state index in [9.17, 15) is 4.79 Å². The molecule has 1 aliphatic heterocycles. The number of anilines is 1. The van der Waals surface area contributed by atoms with E-state index >= 15 is 0 Å². The fourth-order valence-electron chi connectivity index (χ4n) is 2.65. The van der Waals surface area contributed by atoms with Crippen LogP contribution in [0.3, 0.4) is 0 Å². The third-order valence-electron chi connectivity index (χ3n) is 4.04. The summed E-state index contributed by atoms with van der Waals surface area (Å²) in [5.74, 6) is -0.0613. The molecule has 0 amide bonds. The van der Waals surface area contributed by atoms with Crippen LogP contribution in [0.25, 0.3) is 6.08 Å². The topological polar surface area (TPSA) is 41.9 Å². The van der Waals surface area contributed by atoms with Gasteiger partial charge in [0.1, 0.15) is 0 Å². The molecule has 0 spiro atoms. The van der Waals surface area contributed by atoms with Crippen molar-refractivity contribution in [2.24, 2.45) is 4.99 Å². The second kappa shape index (κ2) is 7.82. The third-order valence-corrected chi connectivity index (χ3v) is 4.76. The Morgan fingerprint density at radius 2 is 1.68 bits per heavy atom. The van der Waals surface area contributed by atoms with Crippen molar-refractivity contribution in [3.63, 3.8) is 0 Å². The number of aliphatic imine (C=N–C) groups is 1. The van der Waals surface area contributed by atoms with Gasteiger partial charge in [0, 0.05) is 27.9 Å². The molecule has 1 heterocycles. The maximum Gasteiger partial charge on any atom is 0.363 e. The molecule has 0 aliphatic carbocycles. The highest BCUT2D eigenvalue weighted by Gasteiger charge is 2.24. The number of hydrogen-bond acceptors (Lipinski definition) is 4. The molecule has 0 saturated carbocycles. The zero-order valence-electron chi connectivity index (χ0n) is 14.2. The second-order valence-corrected chi connectivity index (χ2v) is 6.85. The van der Waals surface area contributed by atoms with Crippen molar-refractivity contribution in [1.29, 1.82) is 0 Å². The average Bonchev–Trinajstić information content (AvgIpc) is 2.99. The zero-order chi connectivity index (χ0) is 17.8. The number of benzene rings is 2. The van der Waals surface area contributed by atoms with Crippen molar-refractivity contribution in [3.05, 3.63) is 68.9 Å². The van der Waals surface area contributed by atoms with Gasteiger partial charge in [0.05, 0.1) is 0 Å². The Bertz CT molecular complexity index is 820. The summed E-state index contributed by atoms with van der Waals surface area (Å²) >= 11 is 2.23. The van der Waals surface area contributed by atoms with Gasteiger partial charge in [-0.05, 0) is 84.5 Å². The minimum atomic E-state index is -0.415. The lowest BCUT2D eigenvalue weighted by Crippen LogP contribution is -2.21. The fourth-order valence-corrected chi connectivity index (χ4v) is 3.01. The summed E-state index contributed by atoms with van der Waals surface area (Å²) in [6.07, 6.45) is 1.76. The first-order valence-electron chi connectivity index (χ1n) is 8.24. The molecule has 0 radical (unpaired) electrons. The molecule has 25 heavy (non-hydrogen) atoms. The Kier molecular flexibility index (Phi) is 5.53. The molecule has 0 unspecified atom stereocenters. The normalized spacial score (nSPS) is 15.2. The number of cyclic esters (lactones) is 1. The first kappa shape index (κ1) is 17.7. The molecular formula is C20H19IN2O2. The quantitative estimate of drug-likeness (QED) is 0.387. The maximum absolute atomic E-state index is 12.1. The Labute approximate surface area is 161 Å². The van der Waals surface area contributed by atoms with Crippen LogP contribution >= 0.6 is 22.6 Å². The van der Waals surface area contributed by atoms with Gasteiger partial charge in [-0.1, -0.05) is 12.1 Å². The first-order chi connectivity index (χ1) is 12.1. The highest BCUT2D eigenvalue weighted by molar-refractivity contribution is 14.1. The van der Waals surface area contributed by atoms with Crippen LogP contribution in [0.2, 0.25) is 0 Å². The lowest BCUT2D eigenvalue weighted by Gasteiger charge is -2.20. The largest absolute Gasteiger partial charge is 0.402 e. The summed E-state index contributed by atoms with van der Waals surface area (Å²) in [6.45, 7) is 6.20. The van der Waals surface area contributed by atoms with Gasteiger partial charge in [-0.3, -0.25) is 0 Å². The van der Waals surface area contributed by atoms with Crippen molar-refractivity contribution in [1.82, 2.24) is 0 Å². The van der Waals surface area contributed by atoms with E-state index in [0.29, 0.717) is 11.6 Å². The fraction of sp³-hybridized carbons (Fsp3) is 0.200. The highest BCUT2D eigenvalue weighted by Crippen LogP contribution is 2.21. The molecular weight excluding hydrogens is 427 g/mol. The Morgan fingerprint density at radius 1 is 1.04 bits per heavy atom.